The van der Waals surface area contributed by atoms with Crippen LogP contribution >= 0.6 is 0 Å². The third-order valence-corrected chi connectivity index (χ3v) is 8.18. The van der Waals surface area contributed by atoms with Crippen LogP contribution in [0.25, 0.3) is 0 Å². The van der Waals surface area contributed by atoms with E-state index in [1.54, 1.807) is 43.3 Å². The molecule has 0 bridgehead atoms. The lowest BCUT2D eigenvalue weighted by atomic mass is 10.3. The minimum absolute atomic E-state index is 0.130. The van der Waals surface area contributed by atoms with E-state index < -0.39 is 20.0 Å². The quantitative estimate of drug-likeness (QED) is 0.782. The van der Waals surface area contributed by atoms with Crippen molar-refractivity contribution in [2.75, 3.05) is 27.5 Å². The number of sulfonamides is 2. The Morgan fingerprint density at radius 3 is 2.23 bits per heavy atom. The van der Waals surface area contributed by atoms with Crippen molar-refractivity contribution >= 4 is 31.4 Å². The monoisotopic (exact) mass is 394 g/mol. The van der Waals surface area contributed by atoms with Crippen molar-refractivity contribution in [2.45, 2.75) is 24.7 Å². The Morgan fingerprint density at radius 2 is 1.65 bits per heavy atom. The van der Waals surface area contributed by atoms with E-state index in [4.69, 9.17) is 0 Å². The number of hydrogen-bond donors (Lipinski definition) is 0. The van der Waals surface area contributed by atoms with Gasteiger partial charge in [0.2, 0.25) is 10.0 Å². The molecule has 0 unspecified atom stereocenters. The second-order valence-electron chi connectivity index (χ2n) is 6.09. The van der Waals surface area contributed by atoms with Crippen LogP contribution in [-0.4, -0.2) is 35.7 Å². The number of nitrogens with zero attached hydrogens (tertiary/aromatic N) is 2. The molecule has 2 aromatic rings. The minimum atomic E-state index is -3.72. The van der Waals surface area contributed by atoms with Crippen LogP contribution in [0.15, 0.2) is 59.5 Å². The lowest BCUT2D eigenvalue weighted by Crippen LogP contribution is -2.37. The number of anilines is 2. The van der Waals surface area contributed by atoms with E-state index in [-0.39, 0.29) is 10.6 Å². The van der Waals surface area contributed by atoms with Crippen LogP contribution in [-0.2, 0) is 20.0 Å². The van der Waals surface area contributed by atoms with Crippen molar-refractivity contribution < 1.29 is 16.8 Å². The SMILES string of the molecule is CCN(c1ccccc1)S(=O)(=O)c1ccc(N2CCCCS2(=O)=O)cc1. The highest BCUT2D eigenvalue weighted by Gasteiger charge is 2.27. The predicted octanol–water partition coefficient (Wildman–Crippen LogP) is 2.83. The van der Waals surface area contributed by atoms with Gasteiger partial charge in [-0.05, 0) is 56.2 Å². The summed E-state index contributed by atoms with van der Waals surface area (Å²) < 4.78 is 53.0. The van der Waals surface area contributed by atoms with E-state index in [9.17, 15) is 16.8 Å². The van der Waals surface area contributed by atoms with E-state index >= 15 is 0 Å². The van der Waals surface area contributed by atoms with Crippen LogP contribution in [0.2, 0.25) is 0 Å². The van der Waals surface area contributed by atoms with Gasteiger partial charge in [-0.2, -0.15) is 0 Å². The Kier molecular flexibility index (Phi) is 5.24. The third kappa shape index (κ3) is 3.57. The largest absolute Gasteiger partial charge is 0.270 e. The molecule has 3 rings (SSSR count). The van der Waals surface area contributed by atoms with Crippen molar-refractivity contribution in [3.63, 3.8) is 0 Å². The molecule has 140 valence electrons. The summed E-state index contributed by atoms with van der Waals surface area (Å²) in [6, 6.07) is 15.0. The summed E-state index contributed by atoms with van der Waals surface area (Å²) in [7, 11) is -7.03. The van der Waals surface area contributed by atoms with Crippen LogP contribution in [0, 0.1) is 0 Å². The first-order valence-electron chi connectivity index (χ1n) is 8.54. The summed E-state index contributed by atoms with van der Waals surface area (Å²) in [6.07, 6.45) is 1.46. The Balaban J connectivity index is 1.92. The Bertz CT molecular complexity index is 956. The highest BCUT2D eigenvalue weighted by atomic mass is 32.2. The molecule has 0 saturated carbocycles. The summed E-state index contributed by atoms with van der Waals surface area (Å²) in [5.74, 6) is 0.130. The van der Waals surface area contributed by atoms with Gasteiger partial charge in [0.05, 0.1) is 22.0 Å². The minimum Gasteiger partial charge on any atom is -0.270 e. The van der Waals surface area contributed by atoms with Gasteiger partial charge in [0.1, 0.15) is 0 Å². The number of benzene rings is 2. The highest BCUT2D eigenvalue weighted by Crippen LogP contribution is 2.27. The summed E-state index contributed by atoms with van der Waals surface area (Å²) in [6.45, 7) is 2.51. The Morgan fingerprint density at radius 1 is 1.00 bits per heavy atom. The van der Waals surface area contributed by atoms with Gasteiger partial charge in [0, 0.05) is 13.1 Å². The lowest BCUT2D eigenvalue weighted by Gasteiger charge is -2.28. The standard InChI is InChI=1S/C18H22N2O4S2/c1-2-19(16-8-4-3-5-9-16)26(23,24)18-12-10-17(11-13-18)20-14-6-7-15-25(20,21)22/h3-5,8-13H,2,6-7,14-15H2,1H3. The van der Waals surface area contributed by atoms with Crippen molar-refractivity contribution in [3.8, 4) is 0 Å². The maximum Gasteiger partial charge on any atom is 0.264 e. The molecule has 1 aliphatic rings. The molecule has 8 heteroatoms. The summed E-state index contributed by atoms with van der Waals surface area (Å²) in [4.78, 5) is 0.140. The molecule has 26 heavy (non-hydrogen) atoms. The maximum atomic E-state index is 13.0. The van der Waals surface area contributed by atoms with Crippen molar-refractivity contribution in [2.24, 2.45) is 0 Å². The van der Waals surface area contributed by atoms with Gasteiger partial charge in [0.25, 0.3) is 10.0 Å². The molecular weight excluding hydrogens is 372 g/mol. The fraction of sp³-hybridized carbons (Fsp3) is 0.333. The number of para-hydroxylation sites is 1. The van der Waals surface area contributed by atoms with Gasteiger partial charge in [0.15, 0.2) is 0 Å². The molecule has 0 radical (unpaired) electrons. The molecule has 0 aliphatic carbocycles. The molecule has 1 saturated heterocycles. The normalized spacial score (nSPS) is 17.0. The first kappa shape index (κ1) is 18.7. The second kappa shape index (κ2) is 7.28. The van der Waals surface area contributed by atoms with Crippen LogP contribution in [0.5, 0.6) is 0 Å². The second-order valence-corrected chi connectivity index (χ2v) is 9.97. The summed E-state index contributed by atoms with van der Waals surface area (Å²) in [5.41, 5.74) is 1.10. The number of rotatable bonds is 5. The molecule has 2 aromatic carbocycles. The summed E-state index contributed by atoms with van der Waals surface area (Å²) >= 11 is 0. The van der Waals surface area contributed by atoms with Gasteiger partial charge in [-0.3, -0.25) is 8.61 Å². The Hall–Kier alpha value is -2.06. The molecule has 0 amide bonds. The van der Waals surface area contributed by atoms with E-state index in [0.29, 0.717) is 30.9 Å². The fourth-order valence-corrected chi connectivity index (χ4v) is 6.19. The first-order chi connectivity index (χ1) is 12.4. The highest BCUT2D eigenvalue weighted by molar-refractivity contribution is 7.93. The van der Waals surface area contributed by atoms with Crippen LogP contribution in [0.3, 0.4) is 0 Å². The fourth-order valence-electron chi connectivity index (χ4n) is 3.08. The average Bonchev–Trinajstić information content (AvgIpc) is 2.63. The Labute approximate surface area is 155 Å². The third-order valence-electron chi connectivity index (χ3n) is 4.39. The zero-order valence-corrected chi connectivity index (χ0v) is 16.2. The molecular formula is C18H22N2O4S2. The van der Waals surface area contributed by atoms with Crippen LogP contribution in [0.4, 0.5) is 11.4 Å². The van der Waals surface area contributed by atoms with Crippen molar-refractivity contribution in [1.82, 2.24) is 0 Å². The molecule has 0 N–H and O–H groups in total. The van der Waals surface area contributed by atoms with Gasteiger partial charge in [-0.15, -0.1) is 0 Å². The average molecular weight is 395 g/mol. The van der Waals surface area contributed by atoms with E-state index in [1.807, 2.05) is 6.07 Å². The van der Waals surface area contributed by atoms with E-state index in [2.05, 4.69) is 0 Å². The molecule has 0 atom stereocenters. The van der Waals surface area contributed by atoms with Crippen LogP contribution < -0.4 is 8.61 Å². The summed E-state index contributed by atoms with van der Waals surface area (Å²) in [5, 5.41) is 0. The van der Waals surface area contributed by atoms with E-state index in [1.165, 1.54) is 20.7 Å². The molecule has 1 aliphatic heterocycles. The molecule has 0 aromatic heterocycles. The number of hydrogen-bond acceptors (Lipinski definition) is 4. The molecule has 1 heterocycles. The molecule has 6 nitrogen and oxygen atoms in total. The zero-order valence-electron chi connectivity index (χ0n) is 14.6. The van der Waals surface area contributed by atoms with Gasteiger partial charge in [-0.1, -0.05) is 18.2 Å². The van der Waals surface area contributed by atoms with Crippen LogP contribution in [0.1, 0.15) is 19.8 Å². The topological polar surface area (TPSA) is 74.8 Å². The van der Waals surface area contributed by atoms with Crippen molar-refractivity contribution in [3.05, 3.63) is 54.6 Å². The smallest absolute Gasteiger partial charge is 0.264 e. The zero-order chi connectivity index (χ0) is 18.8. The van der Waals surface area contributed by atoms with Crippen molar-refractivity contribution in [1.29, 1.82) is 0 Å². The van der Waals surface area contributed by atoms with E-state index in [0.717, 1.165) is 6.42 Å². The predicted molar refractivity (Wildman–Crippen MR) is 103 cm³/mol. The lowest BCUT2D eigenvalue weighted by molar-refractivity contribution is 0.574. The first-order valence-corrected chi connectivity index (χ1v) is 11.6. The molecule has 0 spiro atoms. The van der Waals surface area contributed by atoms with Gasteiger partial charge >= 0.3 is 0 Å². The van der Waals surface area contributed by atoms with Gasteiger partial charge < -0.3 is 0 Å². The molecule has 1 fully saturated rings. The maximum absolute atomic E-state index is 13.0. The van der Waals surface area contributed by atoms with Gasteiger partial charge in [-0.25, -0.2) is 16.8 Å².